The van der Waals surface area contributed by atoms with E-state index in [0.717, 1.165) is 6.42 Å². The number of rotatable bonds is 5. The predicted octanol–water partition coefficient (Wildman–Crippen LogP) is 2.70. The summed E-state index contributed by atoms with van der Waals surface area (Å²) < 4.78 is -1.40. The fraction of sp³-hybridized carbons (Fsp3) is 0.741. The van der Waals surface area contributed by atoms with Gasteiger partial charge in [-0.2, -0.15) is 0 Å². The summed E-state index contributed by atoms with van der Waals surface area (Å²) >= 11 is 1.61. The molecule has 0 radical (unpaired) electrons. The van der Waals surface area contributed by atoms with Crippen molar-refractivity contribution in [2.45, 2.75) is 75.5 Å². The maximum absolute atomic E-state index is 14.4. The summed E-state index contributed by atoms with van der Waals surface area (Å²) in [4.78, 5) is 47.4. The number of hydrogen-bond donors (Lipinski definition) is 1. The van der Waals surface area contributed by atoms with Crippen molar-refractivity contribution in [3.05, 3.63) is 24.3 Å². The average Bonchev–Trinajstić information content (AvgIpc) is 2.99. The van der Waals surface area contributed by atoms with E-state index in [1.165, 1.54) is 0 Å². The number of fused-ring (bicyclic) bond motifs is 2. The number of likely N-dealkylation sites (tertiary alicyclic amines) is 1. The lowest BCUT2D eigenvalue weighted by Gasteiger charge is -2.44. The second-order valence-corrected chi connectivity index (χ2v) is 14.4. The Morgan fingerprint density at radius 2 is 1.66 bits per heavy atom. The Morgan fingerprint density at radius 1 is 1.00 bits per heavy atom. The van der Waals surface area contributed by atoms with Gasteiger partial charge in [0.1, 0.15) is 6.04 Å². The van der Waals surface area contributed by atoms with Gasteiger partial charge in [0.05, 0.1) is 16.6 Å². The van der Waals surface area contributed by atoms with E-state index in [4.69, 9.17) is 0 Å². The van der Waals surface area contributed by atoms with Crippen molar-refractivity contribution in [1.29, 1.82) is 0 Å². The van der Waals surface area contributed by atoms with E-state index in [0.29, 0.717) is 26.1 Å². The van der Waals surface area contributed by atoms with Gasteiger partial charge in [-0.1, -0.05) is 45.1 Å². The van der Waals surface area contributed by atoms with Crippen LogP contribution in [0.1, 0.15) is 54.4 Å². The average molecular weight is 504 g/mol. The quantitative estimate of drug-likeness (QED) is 0.584. The van der Waals surface area contributed by atoms with Crippen molar-refractivity contribution < 1.29 is 19.5 Å². The van der Waals surface area contributed by atoms with Gasteiger partial charge in [0.25, 0.3) is 0 Å². The molecule has 2 fully saturated rings. The van der Waals surface area contributed by atoms with Crippen molar-refractivity contribution in [2.24, 2.45) is 17.3 Å². The summed E-state index contributed by atoms with van der Waals surface area (Å²) in [7, 11) is 1.78. The van der Waals surface area contributed by atoms with Crippen LogP contribution in [0.4, 0.5) is 0 Å². The summed E-state index contributed by atoms with van der Waals surface area (Å²) in [6.07, 6.45) is 9.39. The normalized spacial score (nSPS) is 35.3. The number of aliphatic hydroxyl groups excluding tert-OH is 1. The third kappa shape index (κ3) is 4.14. The first-order chi connectivity index (χ1) is 16.2. The molecular weight excluding hydrogens is 462 g/mol. The molecular formula is C27H41N3O4S. The molecule has 0 saturated carbocycles. The van der Waals surface area contributed by atoms with Gasteiger partial charge >= 0.3 is 0 Å². The Morgan fingerprint density at radius 3 is 2.29 bits per heavy atom. The molecule has 3 amide bonds. The smallest absolute Gasteiger partial charge is 0.247 e. The van der Waals surface area contributed by atoms with E-state index in [1.807, 2.05) is 24.0 Å². The van der Waals surface area contributed by atoms with Gasteiger partial charge in [-0.15, -0.1) is 11.8 Å². The zero-order chi connectivity index (χ0) is 26.0. The Bertz CT molecular complexity index is 970. The summed E-state index contributed by atoms with van der Waals surface area (Å²) in [5.41, 5.74) is -0.394. The molecule has 0 bridgehead atoms. The summed E-state index contributed by atoms with van der Waals surface area (Å²) in [5.74, 6) is -1.41. The standard InChI is InChI=1S/C27H41N3O4S/c1-24(2,3)17-25(4,5)30-15-9-12-27-19(22(33)29(14-10-16-31)20(27)23(30)34)18-21(32)28(7)13-8-11-26(18,6)35-27/h8-9,11-12,18-20,31H,10,13-17H2,1-7H3/t18-,19-,20?,26+,27-/m0/s1. The highest BCUT2D eigenvalue weighted by molar-refractivity contribution is 8.02. The van der Waals surface area contributed by atoms with Crippen LogP contribution < -0.4 is 0 Å². The van der Waals surface area contributed by atoms with Gasteiger partial charge in [-0.3, -0.25) is 14.4 Å². The van der Waals surface area contributed by atoms with E-state index in [9.17, 15) is 19.5 Å². The zero-order valence-electron chi connectivity index (χ0n) is 22.2. The highest BCUT2D eigenvalue weighted by Gasteiger charge is 2.74. The minimum atomic E-state index is -0.826. The number of nitrogens with zero attached hydrogens (tertiary/aromatic N) is 3. The lowest BCUT2D eigenvalue weighted by atomic mass is 9.74. The highest BCUT2D eigenvalue weighted by Crippen LogP contribution is 2.65. The summed E-state index contributed by atoms with van der Waals surface area (Å²) in [6, 6.07) is -0.704. The van der Waals surface area contributed by atoms with Crippen LogP contribution in [0.3, 0.4) is 0 Å². The van der Waals surface area contributed by atoms with Gasteiger partial charge in [-0.05, 0) is 39.0 Å². The second-order valence-electron chi connectivity index (χ2n) is 12.6. The number of thioether (sulfide) groups is 1. The van der Waals surface area contributed by atoms with Crippen LogP contribution in [0, 0.1) is 17.3 Å². The molecule has 1 spiro atoms. The van der Waals surface area contributed by atoms with Gasteiger partial charge in [0, 0.05) is 43.6 Å². The molecule has 4 aliphatic heterocycles. The van der Waals surface area contributed by atoms with Gasteiger partial charge < -0.3 is 19.8 Å². The second kappa shape index (κ2) is 8.65. The van der Waals surface area contributed by atoms with E-state index >= 15 is 0 Å². The maximum atomic E-state index is 14.4. The minimum Gasteiger partial charge on any atom is -0.396 e. The first kappa shape index (κ1) is 26.3. The molecule has 1 N–H and O–H groups in total. The third-order valence-electron chi connectivity index (χ3n) is 8.01. The van der Waals surface area contributed by atoms with Crippen LogP contribution in [0.15, 0.2) is 24.3 Å². The molecule has 8 heteroatoms. The molecule has 0 aromatic rings. The van der Waals surface area contributed by atoms with Crippen LogP contribution in [0.25, 0.3) is 0 Å². The van der Waals surface area contributed by atoms with Gasteiger partial charge in [0.15, 0.2) is 0 Å². The fourth-order valence-corrected chi connectivity index (χ4v) is 9.22. The van der Waals surface area contributed by atoms with Crippen LogP contribution >= 0.6 is 11.8 Å². The lowest BCUT2D eigenvalue weighted by molar-refractivity contribution is -0.147. The van der Waals surface area contributed by atoms with Gasteiger partial charge in [-0.25, -0.2) is 0 Å². The van der Waals surface area contributed by atoms with E-state index in [1.54, 1.807) is 28.6 Å². The van der Waals surface area contributed by atoms with Crippen molar-refractivity contribution in [2.75, 3.05) is 33.3 Å². The van der Waals surface area contributed by atoms with E-state index < -0.39 is 32.9 Å². The van der Waals surface area contributed by atoms with Crippen molar-refractivity contribution in [3.8, 4) is 0 Å². The predicted molar refractivity (Wildman–Crippen MR) is 139 cm³/mol. The first-order valence-corrected chi connectivity index (χ1v) is 13.5. The summed E-state index contributed by atoms with van der Waals surface area (Å²) in [6.45, 7) is 14.0. The molecule has 0 aliphatic carbocycles. The monoisotopic (exact) mass is 503 g/mol. The van der Waals surface area contributed by atoms with E-state index in [-0.39, 0.29) is 29.7 Å². The van der Waals surface area contributed by atoms with E-state index in [2.05, 4.69) is 46.8 Å². The number of carbonyl (C=O) groups is 3. The van der Waals surface area contributed by atoms with Crippen LogP contribution in [-0.4, -0.2) is 91.9 Å². The molecule has 4 rings (SSSR count). The molecule has 4 aliphatic rings. The van der Waals surface area contributed by atoms with Crippen molar-refractivity contribution in [3.63, 3.8) is 0 Å². The lowest BCUT2D eigenvalue weighted by Crippen LogP contribution is -2.58. The number of carbonyl (C=O) groups excluding carboxylic acids is 3. The Hall–Kier alpha value is -1.80. The largest absolute Gasteiger partial charge is 0.396 e. The number of likely N-dealkylation sites (N-methyl/N-ethyl adjacent to an activating group) is 1. The molecule has 1 unspecified atom stereocenters. The third-order valence-corrected chi connectivity index (χ3v) is 9.81. The molecule has 5 atom stereocenters. The number of aliphatic hydroxyl groups is 1. The fourth-order valence-electron chi connectivity index (χ4n) is 7.06. The first-order valence-electron chi connectivity index (χ1n) is 12.7. The molecule has 35 heavy (non-hydrogen) atoms. The SMILES string of the molecule is CN1CC=C[C@@]2(C)S[C@]34C=CCN(C(C)(C)CC(C)(C)C)C(=O)C3N(CCCO)C(=O)[C@@H]4[C@H]2C1=O. The van der Waals surface area contributed by atoms with Crippen LogP contribution in [-0.2, 0) is 14.4 Å². The topological polar surface area (TPSA) is 81.2 Å². The highest BCUT2D eigenvalue weighted by atomic mass is 32.2. The Balaban J connectivity index is 1.84. The Kier molecular flexibility index (Phi) is 6.49. The summed E-state index contributed by atoms with van der Waals surface area (Å²) in [5, 5.41) is 9.56. The van der Waals surface area contributed by atoms with Crippen molar-refractivity contribution >= 4 is 29.5 Å². The molecule has 0 aromatic heterocycles. The zero-order valence-corrected chi connectivity index (χ0v) is 23.0. The maximum Gasteiger partial charge on any atom is 0.247 e. The number of hydrogen-bond acceptors (Lipinski definition) is 5. The van der Waals surface area contributed by atoms with Crippen molar-refractivity contribution in [1.82, 2.24) is 14.7 Å². The minimum absolute atomic E-state index is 0.0205. The van der Waals surface area contributed by atoms with Crippen LogP contribution in [0.5, 0.6) is 0 Å². The Labute approximate surface area is 214 Å². The van der Waals surface area contributed by atoms with Crippen LogP contribution in [0.2, 0.25) is 0 Å². The molecule has 2 saturated heterocycles. The van der Waals surface area contributed by atoms with Gasteiger partial charge in [0.2, 0.25) is 17.7 Å². The number of amides is 3. The molecule has 0 aromatic carbocycles. The molecule has 4 heterocycles. The molecule has 7 nitrogen and oxygen atoms in total. The molecule has 194 valence electrons.